The molecule has 130 valence electrons. The highest BCUT2D eigenvalue weighted by Gasteiger charge is 2.26. The molecule has 1 unspecified atom stereocenters. The molecule has 0 spiro atoms. The van der Waals surface area contributed by atoms with Gasteiger partial charge >= 0.3 is 5.97 Å². The molecule has 0 aliphatic carbocycles. The molecule has 7 heteroatoms. The highest BCUT2D eigenvalue weighted by atomic mass is 32.2. The molecule has 3 rings (SSSR count). The lowest BCUT2D eigenvalue weighted by molar-refractivity contribution is -0.139. The van der Waals surface area contributed by atoms with Crippen LogP contribution >= 0.6 is 11.8 Å². The Bertz CT molecular complexity index is 780. The quantitative estimate of drug-likeness (QED) is 0.823. The average Bonchev–Trinajstić information content (AvgIpc) is 2.64. The molecule has 2 aromatic carbocycles. The van der Waals surface area contributed by atoms with Crippen molar-refractivity contribution in [3.05, 3.63) is 54.1 Å². The SMILES string of the molecule is O=C(O)COc1cccc(CNC(=O)C2CSc3ccccc3O2)c1. The number of carbonyl (C=O) groups is 2. The number of nitrogens with one attached hydrogen (secondary N) is 1. The predicted octanol–water partition coefficient (Wildman–Crippen LogP) is 2.32. The lowest BCUT2D eigenvalue weighted by Crippen LogP contribution is -2.41. The van der Waals surface area contributed by atoms with E-state index >= 15 is 0 Å². The number of carboxylic acid groups (broad SMARTS) is 1. The number of carbonyl (C=O) groups excluding carboxylic acids is 1. The second-order valence-electron chi connectivity index (χ2n) is 5.41. The molecule has 1 aliphatic rings. The Morgan fingerprint density at radius 2 is 2.08 bits per heavy atom. The first-order chi connectivity index (χ1) is 12.1. The van der Waals surface area contributed by atoms with E-state index in [1.165, 1.54) is 0 Å². The summed E-state index contributed by atoms with van der Waals surface area (Å²) in [5.74, 6) is 0.519. The number of hydrogen-bond acceptors (Lipinski definition) is 5. The van der Waals surface area contributed by atoms with Crippen molar-refractivity contribution in [3.63, 3.8) is 0 Å². The van der Waals surface area contributed by atoms with E-state index in [0.29, 0.717) is 18.0 Å². The first kappa shape index (κ1) is 17.2. The molecule has 2 N–H and O–H groups in total. The number of benzene rings is 2. The number of aliphatic carboxylic acids is 1. The standard InChI is InChI=1S/C18H17NO5S/c20-17(21)10-23-13-5-3-4-12(8-13)9-19-18(22)15-11-25-16-7-2-1-6-14(16)24-15/h1-8,15H,9-11H2,(H,19,22)(H,20,21). The van der Waals surface area contributed by atoms with E-state index in [9.17, 15) is 9.59 Å². The van der Waals surface area contributed by atoms with Crippen molar-refractivity contribution in [1.82, 2.24) is 5.32 Å². The number of fused-ring (bicyclic) bond motifs is 1. The summed E-state index contributed by atoms with van der Waals surface area (Å²) in [5, 5.41) is 11.5. The summed E-state index contributed by atoms with van der Waals surface area (Å²) in [6.45, 7) is -0.0857. The molecule has 1 amide bonds. The molecule has 1 heterocycles. The molecule has 2 aromatic rings. The van der Waals surface area contributed by atoms with Crippen LogP contribution in [0.15, 0.2) is 53.4 Å². The topological polar surface area (TPSA) is 84.9 Å². The average molecular weight is 359 g/mol. The van der Waals surface area contributed by atoms with Gasteiger partial charge < -0.3 is 19.9 Å². The summed E-state index contributed by atoms with van der Waals surface area (Å²) in [6.07, 6.45) is -0.536. The molecule has 1 atom stereocenters. The van der Waals surface area contributed by atoms with Gasteiger partial charge in [0.25, 0.3) is 5.91 Å². The van der Waals surface area contributed by atoms with Gasteiger partial charge in [0.1, 0.15) is 11.5 Å². The zero-order valence-electron chi connectivity index (χ0n) is 13.3. The third kappa shape index (κ3) is 4.67. The van der Waals surface area contributed by atoms with E-state index in [1.54, 1.807) is 30.0 Å². The van der Waals surface area contributed by atoms with Gasteiger partial charge in [-0.05, 0) is 29.8 Å². The number of ether oxygens (including phenoxy) is 2. The summed E-state index contributed by atoms with van der Waals surface area (Å²) in [6, 6.07) is 14.6. The lowest BCUT2D eigenvalue weighted by atomic mass is 10.2. The molecule has 0 radical (unpaired) electrons. The third-order valence-electron chi connectivity index (χ3n) is 3.53. The van der Waals surface area contributed by atoms with Crippen molar-refractivity contribution < 1.29 is 24.2 Å². The van der Waals surface area contributed by atoms with E-state index in [0.717, 1.165) is 16.2 Å². The zero-order valence-corrected chi connectivity index (χ0v) is 14.1. The molecule has 1 aliphatic heterocycles. The molecule has 6 nitrogen and oxygen atoms in total. The van der Waals surface area contributed by atoms with Crippen LogP contribution in [0.4, 0.5) is 0 Å². The number of hydrogen-bond donors (Lipinski definition) is 2. The Kier molecular flexibility index (Phi) is 5.45. The van der Waals surface area contributed by atoms with Crippen molar-refractivity contribution in [2.24, 2.45) is 0 Å². The van der Waals surface area contributed by atoms with E-state index in [4.69, 9.17) is 14.6 Å². The fourth-order valence-electron chi connectivity index (χ4n) is 2.34. The third-order valence-corrected chi connectivity index (χ3v) is 4.65. The summed E-state index contributed by atoms with van der Waals surface area (Å²) in [7, 11) is 0. The van der Waals surface area contributed by atoms with Crippen LogP contribution < -0.4 is 14.8 Å². The van der Waals surface area contributed by atoms with Crippen molar-refractivity contribution in [2.45, 2.75) is 17.5 Å². The molecule has 0 bridgehead atoms. The van der Waals surface area contributed by atoms with E-state index < -0.39 is 18.7 Å². The maximum absolute atomic E-state index is 12.3. The number of rotatable bonds is 6. The van der Waals surface area contributed by atoms with Gasteiger partial charge in [-0.3, -0.25) is 4.79 Å². The zero-order chi connectivity index (χ0) is 17.6. The highest BCUT2D eigenvalue weighted by Crippen LogP contribution is 2.34. The largest absolute Gasteiger partial charge is 0.482 e. The second kappa shape index (κ2) is 7.94. The Morgan fingerprint density at radius 1 is 1.24 bits per heavy atom. The van der Waals surface area contributed by atoms with Crippen LogP contribution in [0, 0.1) is 0 Å². The summed E-state index contributed by atoms with van der Waals surface area (Å²) in [4.78, 5) is 23.9. The maximum Gasteiger partial charge on any atom is 0.341 e. The van der Waals surface area contributed by atoms with Crippen molar-refractivity contribution in [1.29, 1.82) is 0 Å². The lowest BCUT2D eigenvalue weighted by Gasteiger charge is -2.24. The number of carboxylic acids is 1. The van der Waals surface area contributed by atoms with Crippen LogP contribution in [0.3, 0.4) is 0 Å². The van der Waals surface area contributed by atoms with Crippen LogP contribution in [0.1, 0.15) is 5.56 Å². The van der Waals surface area contributed by atoms with Crippen LogP contribution in [0.2, 0.25) is 0 Å². The Hall–Kier alpha value is -2.67. The van der Waals surface area contributed by atoms with Crippen molar-refractivity contribution in [3.8, 4) is 11.5 Å². The van der Waals surface area contributed by atoms with E-state index in [-0.39, 0.29) is 5.91 Å². The Balaban J connectivity index is 1.54. The van der Waals surface area contributed by atoms with E-state index in [1.807, 2.05) is 30.3 Å². The predicted molar refractivity (Wildman–Crippen MR) is 93.0 cm³/mol. The van der Waals surface area contributed by atoms with Gasteiger partial charge in [0, 0.05) is 17.2 Å². The molecule has 0 saturated carbocycles. The minimum Gasteiger partial charge on any atom is -0.482 e. The fourth-order valence-corrected chi connectivity index (χ4v) is 3.33. The first-order valence-electron chi connectivity index (χ1n) is 7.71. The fraction of sp³-hybridized carbons (Fsp3) is 0.222. The number of para-hydroxylation sites is 1. The van der Waals surface area contributed by atoms with Crippen molar-refractivity contribution in [2.75, 3.05) is 12.4 Å². The van der Waals surface area contributed by atoms with Crippen LogP contribution in [-0.4, -0.2) is 35.4 Å². The monoisotopic (exact) mass is 359 g/mol. The van der Waals surface area contributed by atoms with Crippen LogP contribution in [0.25, 0.3) is 0 Å². The Morgan fingerprint density at radius 3 is 2.92 bits per heavy atom. The number of amides is 1. The van der Waals surface area contributed by atoms with Gasteiger partial charge in [-0.1, -0.05) is 24.3 Å². The van der Waals surface area contributed by atoms with Gasteiger partial charge in [-0.2, -0.15) is 0 Å². The van der Waals surface area contributed by atoms with Crippen molar-refractivity contribution >= 4 is 23.6 Å². The van der Waals surface area contributed by atoms with Gasteiger partial charge in [-0.15, -0.1) is 11.8 Å². The Labute approximate surface area is 149 Å². The van der Waals surface area contributed by atoms with Gasteiger partial charge in [-0.25, -0.2) is 4.79 Å². The van der Waals surface area contributed by atoms with Crippen LogP contribution in [0.5, 0.6) is 11.5 Å². The highest BCUT2D eigenvalue weighted by molar-refractivity contribution is 7.99. The molecular weight excluding hydrogens is 342 g/mol. The van der Waals surface area contributed by atoms with Gasteiger partial charge in [0.05, 0.1) is 0 Å². The normalized spacial score (nSPS) is 15.6. The van der Waals surface area contributed by atoms with Gasteiger partial charge in [0.15, 0.2) is 12.7 Å². The first-order valence-corrected chi connectivity index (χ1v) is 8.70. The molecule has 0 saturated heterocycles. The molecule has 0 aromatic heterocycles. The minimum absolute atomic E-state index is 0.182. The molecule has 25 heavy (non-hydrogen) atoms. The summed E-state index contributed by atoms with van der Waals surface area (Å²) < 4.78 is 10.9. The maximum atomic E-state index is 12.3. The summed E-state index contributed by atoms with van der Waals surface area (Å²) >= 11 is 1.60. The van der Waals surface area contributed by atoms with Gasteiger partial charge in [0.2, 0.25) is 0 Å². The molecular formula is C18H17NO5S. The number of thioether (sulfide) groups is 1. The second-order valence-corrected chi connectivity index (χ2v) is 6.47. The van der Waals surface area contributed by atoms with E-state index in [2.05, 4.69) is 5.32 Å². The minimum atomic E-state index is -1.04. The summed E-state index contributed by atoms with van der Waals surface area (Å²) in [5.41, 5.74) is 0.820. The smallest absolute Gasteiger partial charge is 0.341 e. The molecule has 0 fully saturated rings. The van der Waals surface area contributed by atoms with Crippen LogP contribution in [-0.2, 0) is 16.1 Å².